The molecule has 1 aromatic carbocycles. The number of rotatable bonds is 3. The molecule has 21 heavy (non-hydrogen) atoms. The number of pyridine rings is 1. The summed E-state index contributed by atoms with van der Waals surface area (Å²) in [4.78, 5) is 16.2. The van der Waals surface area contributed by atoms with Crippen LogP contribution in [0.2, 0.25) is 0 Å². The van der Waals surface area contributed by atoms with E-state index in [0.29, 0.717) is 5.56 Å². The van der Waals surface area contributed by atoms with Gasteiger partial charge in [0.25, 0.3) is 5.91 Å². The Hall–Kier alpha value is -2.62. The Balaban J connectivity index is 1.79. The number of carbonyl (C=O) groups excluding carboxylic acids is 1. The zero-order valence-electron chi connectivity index (χ0n) is 12.0. The molecular formula is C17H16N2O2. The fraction of sp³-hybridized carbons (Fsp3) is 0.176. The molecule has 4 heteroatoms. The smallest absolute Gasteiger partial charge is 0.253 e. The van der Waals surface area contributed by atoms with Crippen molar-refractivity contribution in [1.29, 1.82) is 0 Å². The topological polar surface area (TPSA) is 55.1 Å². The summed E-state index contributed by atoms with van der Waals surface area (Å²) in [6.45, 7) is 3.81. The lowest BCUT2D eigenvalue weighted by molar-refractivity contribution is 0.0935. The maximum atomic E-state index is 12.2. The van der Waals surface area contributed by atoms with Crippen LogP contribution in [-0.2, 0) is 0 Å². The van der Waals surface area contributed by atoms with Gasteiger partial charge in [-0.25, -0.2) is 0 Å². The van der Waals surface area contributed by atoms with E-state index in [4.69, 9.17) is 4.42 Å². The van der Waals surface area contributed by atoms with Gasteiger partial charge in [0, 0.05) is 17.8 Å². The van der Waals surface area contributed by atoms with Gasteiger partial charge in [-0.2, -0.15) is 0 Å². The molecular weight excluding hydrogens is 264 g/mol. The molecule has 3 aromatic rings. The van der Waals surface area contributed by atoms with E-state index in [0.717, 1.165) is 22.3 Å². The minimum absolute atomic E-state index is 0.154. The minimum atomic E-state index is -0.203. The second-order valence-electron chi connectivity index (χ2n) is 5.13. The number of nitrogens with zero attached hydrogens (tertiary/aromatic N) is 1. The molecule has 0 aliphatic carbocycles. The van der Waals surface area contributed by atoms with E-state index in [2.05, 4.69) is 10.3 Å². The number of aryl methyl sites for hydroxylation is 1. The van der Waals surface area contributed by atoms with Crippen LogP contribution < -0.4 is 5.32 Å². The monoisotopic (exact) mass is 280 g/mol. The van der Waals surface area contributed by atoms with Gasteiger partial charge in [0.1, 0.15) is 11.3 Å². The lowest BCUT2D eigenvalue weighted by Gasteiger charge is -2.11. The number of carbonyl (C=O) groups is 1. The molecule has 0 spiro atoms. The third-order valence-electron chi connectivity index (χ3n) is 3.36. The van der Waals surface area contributed by atoms with Crippen LogP contribution in [0.5, 0.6) is 0 Å². The van der Waals surface area contributed by atoms with Crippen LogP contribution >= 0.6 is 0 Å². The van der Waals surface area contributed by atoms with Crippen molar-refractivity contribution in [3.8, 4) is 0 Å². The highest BCUT2D eigenvalue weighted by Crippen LogP contribution is 2.23. The third-order valence-corrected chi connectivity index (χ3v) is 3.36. The molecule has 0 bridgehead atoms. The molecule has 0 radical (unpaired) electrons. The first kappa shape index (κ1) is 13.4. The number of fused-ring (bicyclic) bond motifs is 1. The molecule has 0 saturated carbocycles. The zero-order valence-corrected chi connectivity index (χ0v) is 12.0. The van der Waals surface area contributed by atoms with Crippen LogP contribution in [0.1, 0.15) is 34.6 Å². The second-order valence-corrected chi connectivity index (χ2v) is 5.13. The number of benzene rings is 1. The van der Waals surface area contributed by atoms with Crippen molar-refractivity contribution in [1.82, 2.24) is 10.3 Å². The van der Waals surface area contributed by atoms with Gasteiger partial charge in [-0.1, -0.05) is 18.2 Å². The summed E-state index contributed by atoms with van der Waals surface area (Å²) in [6, 6.07) is 11.4. The van der Waals surface area contributed by atoms with Crippen molar-refractivity contribution in [2.45, 2.75) is 19.9 Å². The van der Waals surface area contributed by atoms with Crippen molar-refractivity contribution in [3.63, 3.8) is 0 Å². The number of aromatic nitrogens is 1. The molecule has 106 valence electrons. The van der Waals surface area contributed by atoms with E-state index in [9.17, 15) is 4.79 Å². The SMILES string of the molecule is Cc1cncc(C(=O)N[C@H](C)c2cc3ccccc3o2)c1. The van der Waals surface area contributed by atoms with Crippen molar-refractivity contribution in [2.75, 3.05) is 0 Å². The average molecular weight is 280 g/mol. The zero-order chi connectivity index (χ0) is 14.8. The van der Waals surface area contributed by atoms with E-state index < -0.39 is 0 Å². The minimum Gasteiger partial charge on any atom is -0.459 e. The van der Waals surface area contributed by atoms with Gasteiger partial charge < -0.3 is 9.73 Å². The van der Waals surface area contributed by atoms with Gasteiger partial charge in [-0.3, -0.25) is 9.78 Å². The number of amides is 1. The fourth-order valence-electron chi connectivity index (χ4n) is 2.25. The predicted octanol–water partition coefficient (Wildman–Crippen LogP) is 3.63. The van der Waals surface area contributed by atoms with E-state index >= 15 is 0 Å². The Morgan fingerprint density at radius 2 is 2.05 bits per heavy atom. The van der Waals surface area contributed by atoms with Gasteiger partial charge in [0.15, 0.2) is 0 Å². The summed E-state index contributed by atoms with van der Waals surface area (Å²) in [5.41, 5.74) is 2.34. The predicted molar refractivity (Wildman–Crippen MR) is 81.1 cm³/mol. The number of hydrogen-bond acceptors (Lipinski definition) is 3. The quantitative estimate of drug-likeness (QED) is 0.797. The summed E-state index contributed by atoms with van der Waals surface area (Å²) >= 11 is 0. The summed E-state index contributed by atoms with van der Waals surface area (Å²) in [5.74, 6) is 0.587. The highest BCUT2D eigenvalue weighted by atomic mass is 16.3. The maximum absolute atomic E-state index is 12.2. The van der Waals surface area contributed by atoms with Gasteiger partial charge >= 0.3 is 0 Å². The van der Waals surface area contributed by atoms with Crippen LogP contribution in [0, 0.1) is 6.92 Å². The third kappa shape index (κ3) is 2.79. The largest absolute Gasteiger partial charge is 0.459 e. The Labute approximate surface area is 122 Å². The molecule has 1 amide bonds. The van der Waals surface area contributed by atoms with Crippen LogP contribution in [0.25, 0.3) is 11.0 Å². The van der Waals surface area contributed by atoms with E-state index in [1.165, 1.54) is 0 Å². The second kappa shape index (κ2) is 5.40. The number of hydrogen-bond donors (Lipinski definition) is 1. The van der Waals surface area contributed by atoms with Gasteiger partial charge in [-0.05, 0) is 37.6 Å². The lowest BCUT2D eigenvalue weighted by atomic mass is 10.2. The molecule has 2 aromatic heterocycles. The molecule has 0 aliphatic rings. The van der Waals surface area contributed by atoms with Crippen LogP contribution in [0.3, 0.4) is 0 Å². The molecule has 0 aliphatic heterocycles. The van der Waals surface area contributed by atoms with Gasteiger partial charge in [0.2, 0.25) is 0 Å². The molecule has 2 heterocycles. The summed E-state index contributed by atoms with van der Waals surface area (Å²) < 4.78 is 5.76. The number of furan rings is 1. The maximum Gasteiger partial charge on any atom is 0.253 e. The normalized spacial score (nSPS) is 12.3. The Kier molecular flexibility index (Phi) is 3.44. The van der Waals surface area contributed by atoms with Crippen LogP contribution in [-0.4, -0.2) is 10.9 Å². The number of nitrogens with one attached hydrogen (secondary N) is 1. The highest BCUT2D eigenvalue weighted by molar-refractivity contribution is 5.94. The summed E-state index contributed by atoms with van der Waals surface area (Å²) in [5, 5.41) is 3.96. The Bertz CT molecular complexity index is 759. The van der Waals surface area contributed by atoms with Gasteiger partial charge in [-0.15, -0.1) is 0 Å². The van der Waals surface area contributed by atoms with Crippen molar-refractivity contribution in [3.05, 3.63) is 65.7 Å². The molecule has 0 unspecified atom stereocenters. The molecule has 1 N–H and O–H groups in total. The molecule has 3 rings (SSSR count). The first-order valence-corrected chi connectivity index (χ1v) is 6.84. The fourth-order valence-corrected chi connectivity index (χ4v) is 2.25. The van der Waals surface area contributed by atoms with Crippen molar-refractivity contribution in [2.24, 2.45) is 0 Å². The standard InChI is InChI=1S/C17H16N2O2/c1-11-7-14(10-18-9-11)17(20)19-12(2)16-8-13-5-3-4-6-15(13)21-16/h3-10,12H,1-2H3,(H,19,20)/t12-/m1/s1. The molecule has 4 nitrogen and oxygen atoms in total. The molecule has 0 fully saturated rings. The lowest BCUT2D eigenvalue weighted by Crippen LogP contribution is -2.26. The first-order chi connectivity index (χ1) is 10.1. The summed E-state index contributed by atoms with van der Waals surface area (Å²) in [7, 11) is 0. The van der Waals surface area contributed by atoms with Crippen molar-refractivity contribution < 1.29 is 9.21 Å². The van der Waals surface area contributed by atoms with E-state index in [-0.39, 0.29) is 11.9 Å². The highest BCUT2D eigenvalue weighted by Gasteiger charge is 2.15. The molecule has 0 saturated heterocycles. The molecule has 1 atom stereocenters. The Morgan fingerprint density at radius 1 is 1.24 bits per heavy atom. The Morgan fingerprint density at radius 3 is 2.81 bits per heavy atom. The van der Waals surface area contributed by atoms with Gasteiger partial charge in [0.05, 0.1) is 11.6 Å². The van der Waals surface area contributed by atoms with Crippen LogP contribution in [0.15, 0.2) is 53.2 Å². The van der Waals surface area contributed by atoms with E-state index in [1.54, 1.807) is 12.4 Å². The first-order valence-electron chi connectivity index (χ1n) is 6.84. The number of para-hydroxylation sites is 1. The van der Waals surface area contributed by atoms with Crippen molar-refractivity contribution >= 4 is 16.9 Å². The van der Waals surface area contributed by atoms with Crippen LogP contribution in [0.4, 0.5) is 0 Å². The summed E-state index contributed by atoms with van der Waals surface area (Å²) in [6.07, 6.45) is 3.28. The average Bonchev–Trinajstić information content (AvgIpc) is 2.91. The van der Waals surface area contributed by atoms with E-state index in [1.807, 2.05) is 50.2 Å².